The van der Waals surface area contributed by atoms with E-state index in [-0.39, 0.29) is 11.9 Å². The Bertz CT molecular complexity index is 892. The molecule has 1 amide bonds. The van der Waals surface area contributed by atoms with Gasteiger partial charge in [-0.2, -0.15) is 0 Å². The van der Waals surface area contributed by atoms with Crippen molar-refractivity contribution in [3.05, 3.63) is 44.9 Å². The summed E-state index contributed by atoms with van der Waals surface area (Å²) in [6.45, 7) is 3.24. The van der Waals surface area contributed by atoms with E-state index < -0.39 is 5.97 Å². The number of thiazole rings is 1. The van der Waals surface area contributed by atoms with Crippen molar-refractivity contribution >= 4 is 23.2 Å². The van der Waals surface area contributed by atoms with E-state index in [1.165, 1.54) is 7.11 Å². The number of methoxy groups -OCH3 is 1. The van der Waals surface area contributed by atoms with Crippen LogP contribution in [-0.2, 0) is 11.2 Å². The molecule has 27 heavy (non-hydrogen) atoms. The summed E-state index contributed by atoms with van der Waals surface area (Å²) in [5.74, 6) is 0.0979. The van der Waals surface area contributed by atoms with Gasteiger partial charge in [0.05, 0.1) is 25.3 Å². The molecule has 1 saturated heterocycles. The third-order valence-electron chi connectivity index (χ3n) is 5.13. The van der Waals surface area contributed by atoms with E-state index in [9.17, 15) is 9.59 Å². The molecular weight excluding hydrogens is 364 g/mol. The number of aromatic nitrogens is 1. The average Bonchev–Trinajstić information content (AvgIpc) is 3.34. The van der Waals surface area contributed by atoms with Crippen LogP contribution in [0.25, 0.3) is 0 Å². The number of amides is 1. The van der Waals surface area contributed by atoms with Gasteiger partial charge in [0.25, 0.3) is 5.91 Å². The molecule has 1 aromatic carbocycles. The van der Waals surface area contributed by atoms with Crippen molar-refractivity contribution in [1.82, 2.24) is 9.88 Å². The first-order valence-electron chi connectivity index (χ1n) is 9.19. The van der Waals surface area contributed by atoms with Gasteiger partial charge in [-0.3, -0.25) is 4.79 Å². The van der Waals surface area contributed by atoms with Crippen LogP contribution in [0, 0.1) is 6.92 Å². The summed E-state index contributed by atoms with van der Waals surface area (Å²) in [5.41, 5.74) is 2.71. The Morgan fingerprint density at radius 2 is 2.19 bits per heavy atom. The molecule has 142 valence electrons. The topological polar surface area (TPSA) is 68.7 Å². The monoisotopic (exact) mass is 386 g/mol. The second kappa shape index (κ2) is 7.31. The lowest BCUT2D eigenvalue weighted by molar-refractivity contribution is 0.0598. The molecule has 0 N–H and O–H groups in total. The number of esters is 1. The molecule has 0 unspecified atom stereocenters. The summed E-state index contributed by atoms with van der Waals surface area (Å²) < 4.78 is 10.7. The normalized spacial score (nSPS) is 18.7. The number of hydrogen-bond acceptors (Lipinski definition) is 6. The van der Waals surface area contributed by atoms with E-state index in [4.69, 9.17) is 9.47 Å². The Hall–Kier alpha value is -2.41. The number of carbonyl (C=O) groups excluding carboxylic acids is 2. The second-order valence-electron chi connectivity index (χ2n) is 6.93. The highest BCUT2D eigenvalue weighted by Crippen LogP contribution is 2.36. The minimum atomic E-state index is -0.431. The number of aryl methyl sites for hydroxylation is 1. The average molecular weight is 386 g/mol. The molecule has 0 radical (unpaired) electrons. The fourth-order valence-corrected chi connectivity index (χ4v) is 4.78. The van der Waals surface area contributed by atoms with Crippen LogP contribution in [0.1, 0.15) is 62.3 Å². The number of carbonyl (C=O) groups is 2. The van der Waals surface area contributed by atoms with Crippen LogP contribution in [0.3, 0.4) is 0 Å². The number of hydrogen-bond donors (Lipinski definition) is 0. The van der Waals surface area contributed by atoms with Crippen LogP contribution in [-0.4, -0.2) is 42.0 Å². The van der Waals surface area contributed by atoms with Gasteiger partial charge < -0.3 is 14.4 Å². The number of likely N-dealkylation sites (tertiary alicyclic amines) is 1. The van der Waals surface area contributed by atoms with E-state index in [2.05, 4.69) is 4.98 Å². The molecule has 3 heterocycles. The number of ether oxygens (including phenoxy) is 2. The summed E-state index contributed by atoms with van der Waals surface area (Å²) in [7, 11) is 1.36. The maximum atomic E-state index is 13.3. The largest absolute Gasteiger partial charge is 0.493 e. The van der Waals surface area contributed by atoms with Gasteiger partial charge in [0.1, 0.15) is 10.8 Å². The van der Waals surface area contributed by atoms with Gasteiger partial charge in [0, 0.05) is 28.7 Å². The van der Waals surface area contributed by atoms with Gasteiger partial charge in [-0.1, -0.05) is 0 Å². The molecular formula is C20H22N2O4S. The van der Waals surface area contributed by atoms with Gasteiger partial charge >= 0.3 is 5.97 Å². The molecule has 2 aliphatic rings. The summed E-state index contributed by atoms with van der Waals surface area (Å²) in [5, 5.41) is 2.99. The number of nitrogens with zero attached hydrogens (tertiary/aromatic N) is 2. The van der Waals surface area contributed by atoms with Gasteiger partial charge in [-0.25, -0.2) is 9.78 Å². The van der Waals surface area contributed by atoms with Gasteiger partial charge in [-0.05, 0) is 44.7 Å². The van der Waals surface area contributed by atoms with Crippen molar-refractivity contribution in [1.29, 1.82) is 0 Å². The van der Waals surface area contributed by atoms with Gasteiger partial charge in [0.2, 0.25) is 0 Å². The molecule has 1 atom stereocenters. The van der Waals surface area contributed by atoms with E-state index in [1.807, 2.05) is 17.2 Å². The highest BCUT2D eigenvalue weighted by Gasteiger charge is 2.33. The van der Waals surface area contributed by atoms with E-state index in [0.29, 0.717) is 30.0 Å². The molecule has 0 spiro atoms. The Morgan fingerprint density at radius 3 is 2.93 bits per heavy atom. The minimum Gasteiger partial charge on any atom is -0.493 e. The zero-order chi connectivity index (χ0) is 19.0. The third-order valence-corrected chi connectivity index (χ3v) is 6.19. The highest BCUT2D eigenvalue weighted by molar-refractivity contribution is 7.09. The minimum absolute atomic E-state index is 0.00488. The fourth-order valence-electron chi connectivity index (χ4n) is 3.84. The number of rotatable bonds is 3. The van der Waals surface area contributed by atoms with E-state index >= 15 is 0 Å². The van der Waals surface area contributed by atoms with Crippen molar-refractivity contribution in [2.75, 3.05) is 20.3 Å². The summed E-state index contributed by atoms with van der Waals surface area (Å²) >= 11 is 1.59. The molecule has 0 aliphatic carbocycles. The first-order valence-corrected chi connectivity index (χ1v) is 10.1. The first kappa shape index (κ1) is 18.0. The van der Waals surface area contributed by atoms with E-state index in [0.717, 1.165) is 41.9 Å². The van der Waals surface area contributed by atoms with Crippen LogP contribution < -0.4 is 4.74 Å². The lowest BCUT2D eigenvalue weighted by Gasteiger charge is -2.25. The molecule has 2 aromatic rings. The Balaban J connectivity index is 1.70. The van der Waals surface area contributed by atoms with Crippen molar-refractivity contribution < 1.29 is 19.1 Å². The first-order chi connectivity index (χ1) is 13.1. The quantitative estimate of drug-likeness (QED) is 0.755. The molecule has 1 aromatic heterocycles. The molecule has 0 bridgehead atoms. The van der Waals surface area contributed by atoms with E-state index in [1.54, 1.807) is 23.5 Å². The molecule has 1 fully saturated rings. The van der Waals surface area contributed by atoms with Crippen molar-refractivity contribution in [2.24, 2.45) is 0 Å². The number of fused-ring (bicyclic) bond motifs is 1. The smallest absolute Gasteiger partial charge is 0.338 e. The lowest BCUT2D eigenvalue weighted by Crippen LogP contribution is -2.31. The highest BCUT2D eigenvalue weighted by atomic mass is 32.1. The number of benzene rings is 1. The predicted octanol–water partition coefficient (Wildman–Crippen LogP) is 3.54. The SMILES string of the molecule is COC(=O)c1cc(C(=O)N2CCC[C@@H]2c2nc(C)cs2)cc2c1CCCO2. The molecule has 6 nitrogen and oxygen atoms in total. The maximum Gasteiger partial charge on any atom is 0.338 e. The van der Waals surface area contributed by atoms with Gasteiger partial charge in [0.15, 0.2) is 0 Å². The molecule has 7 heteroatoms. The molecule has 4 rings (SSSR count). The second-order valence-corrected chi connectivity index (χ2v) is 7.82. The van der Waals surface area contributed by atoms with Crippen molar-refractivity contribution in [2.45, 2.75) is 38.6 Å². The van der Waals surface area contributed by atoms with Crippen LogP contribution in [0.4, 0.5) is 0 Å². The zero-order valence-corrected chi connectivity index (χ0v) is 16.3. The summed E-state index contributed by atoms with van der Waals surface area (Å²) in [6, 6.07) is 3.42. The maximum absolute atomic E-state index is 13.3. The van der Waals surface area contributed by atoms with Crippen molar-refractivity contribution in [3.8, 4) is 5.75 Å². The molecule has 2 aliphatic heterocycles. The Morgan fingerprint density at radius 1 is 1.33 bits per heavy atom. The van der Waals surface area contributed by atoms with Crippen LogP contribution in [0.2, 0.25) is 0 Å². The zero-order valence-electron chi connectivity index (χ0n) is 15.5. The predicted molar refractivity (Wildman–Crippen MR) is 101 cm³/mol. The third kappa shape index (κ3) is 3.32. The molecule has 0 saturated carbocycles. The van der Waals surface area contributed by atoms with Crippen LogP contribution >= 0.6 is 11.3 Å². The Kier molecular flexibility index (Phi) is 4.86. The fraction of sp³-hybridized carbons (Fsp3) is 0.450. The van der Waals surface area contributed by atoms with Crippen LogP contribution in [0.5, 0.6) is 5.75 Å². The Labute approximate surface area is 162 Å². The summed E-state index contributed by atoms with van der Waals surface area (Å²) in [6.07, 6.45) is 3.45. The standard InChI is InChI=1S/C20H22N2O4S/c1-12-11-27-18(21-12)16-6-3-7-22(16)19(23)13-9-15(20(24)25-2)14-5-4-8-26-17(14)10-13/h9-11,16H,3-8H2,1-2H3/t16-/m1/s1. The lowest BCUT2D eigenvalue weighted by atomic mass is 9.96. The van der Waals surface area contributed by atoms with Crippen LogP contribution in [0.15, 0.2) is 17.5 Å². The summed E-state index contributed by atoms with van der Waals surface area (Å²) in [4.78, 5) is 32.0. The van der Waals surface area contributed by atoms with Crippen molar-refractivity contribution in [3.63, 3.8) is 0 Å². The van der Waals surface area contributed by atoms with Gasteiger partial charge in [-0.15, -0.1) is 11.3 Å².